The second kappa shape index (κ2) is 6.63. The molecule has 110 valence electrons. The van der Waals surface area contributed by atoms with Gasteiger partial charge in [0.1, 0.15) is 0 Å². The molecule has 1 heterocycles. The summed E-state index contributed by atoms with van der Waals surface area (Å²) in [5.41, 5.74) is 2.81. The van der Waals surface area contributed by atoms with Gasteiger partial charge in [0.2, 0.25) is 0 Å². The van der Waals surface area contributed by atoms with Crippen molar-refractivity contribution in [2.24, 2.45) is 0 Å². The number of rotatable bonds is 4. The highest BCUT2D eigenvalue weighted by Crippen LogP contribution is 2.18. The third-order valence-electron chi connectivity index (χ3n) is 3.27. The van der Waals surface area contributed by atoms with E-state index in [0.717, 1.165) is 16.2 Å². The van der Waals surface area contributed by atoms with Gasteiger partial charge in [-0.2, -0.15) is 0 Å². The fraction of sp³-hybridized carbons (Fsp3) is 0.250. The monoisotopic (exact) mass is 302 g/mol. The van der Waals surface area contributed by atoms with Crippen LogP contribution in [0.25, 0.3) is 0 Å². The topological polar surface area (TPSA) is 62.0 Å². The molecule has 0 unspecified atom stereocenters. The second-order valence-corrected chi connectivity index (χ2v) is 5.67. The van der Waals surface area contributed by atoms with E-state index in [-0.39, 0.29) is 18.0 Å². The molecule has 2 N–H and O–H groups in total. The molecule has 1 aromatic heterocycles. The van der Waals surface area contributed by atoms with Crippen LogP contribution in [-0.2, 0) is 6.54 Å². The summed E-state index contributed by atoms with van der Waals surface area (Å²) in [6, 6.07) is 9.30. The minimum Gasteiger partial charge on any atom is -0.348 e. The maximum absolute atomic E-state index is 12.2. The number of H-pyrrole nitrogens is 1. The molecule has 0 radical (unpaired) electrons. The van der Waals surface area contributed by atoms with E-state index in [9.17, 15) is 9.59 Å². The summed E-state index contributed by atoms with van der Waals surface area (Å²) in [7, 11) is 0. The van der Waals surface area contributed by atoms with E-state index in [1.807, 2.05) is 44.4 Å². The number of hydrogen-bond donors (Lipinski definition) is 2. The maximum atomic E-state index is 12.2. The number of thioether (sulfide) groups is 1. The summed E-state index contributed by atoms with van der Waals surface area (Å²) in [6.45, 7) is 3.96. The molecule has 0 saturated carbocycles. The highest BCUT2D eigenvalue weighted by molar-refractivity contribution is 7.98. The molecule has 21 heavy (non-hydrogen) atoms. The van der Waals surface area contributed by atoms with Crippen LogP contribution in [0.15, 0.2) is 40.0 Å². The van der Waals surface area contributed by atoms with Crippen LogP contribution in [0.3, 0.4) is 0 Å². The Morgan fingerprint density at radius 3 is 2.67 bits per heavy atom. The first-order valence-electron chi connectivity index (χ1n) is 6.63. The summed E-state index contributed by atoms with van der Waals surface area (Å²) in [6.07, 6.45) is 1.92. The predicted octanol–water partition coefficient (Wildman–Crippen LogP) is 2.64. The van der Waals surface area contributed by atoms with Crippen LogP contribution >= 0.6 is 11.8 Å². The van der Waals surface area contributed by atoms with Gasteiger partial charge in [-0.05, 0) is 37.8 Å². The largest absolute Gasteiger partial charge is 0.348 e. The lowest BCUT2D eigenvalue weighted by atomic mass is 10.1. The van der Waals surface area contributed by atoms with Crippen molar-refractivity contribution in [3.05, 3.63) is 63.1 Å². The van der Waals surface area contributed by atoms with E-state index in [4.69, 9.17) is 0 Å². The number of pyridine rings is 1. The normalized spacial score (nSPS) is 10.4. The Hall–Kier alpha value is -2.01. The first kappa shape index (κ1) is 15.4. The zero-order chi connectivity index (χ0) is 15.4. The average Bonchev–Trinajstić information content (AvgIpc) is 2.45. The highest BCUT2D eigenvalue weighted by Gasteiger charge is 2.12. The molecule has 0 aliphatic carbocycles. The molecule has 0 atom stereocenters. The fourth-order valence-electron chi connectivity index (χ4n) is 2.13. The third kappa shape index (κ3) is 3.55. The number of carbonyl (C=O) groups is 1. The molecule has 1 aromatic carbocycles. The Morgan fingerprint density at radius 2 is 2.00 bits per heavy atom. The second-order valence-electron chi connectivity index (χ2n) is 4.83. The van der Waals surface area contributed by atoms with E-state index in [1.165, 1.54) is 11.8 Å². The number of aromatic amines is 1. The van der Waals surface area contributed by atoms with E-state index in [2.05, 4.69) is 10.3 Å². The molecule has 0 aliphatic rings. The smallest absolute Gasteiger partial charge is 0.254 e. The highest BCUT2D eigenvalue weighted by atomic mass is 32.2. The molecule has 0 aliphatic heterocycles. The number of nitrogens with one attached hydrogen (secondary N) is 2. The molecule has 4 nitrogen and oxygen atoms in total. The van der Waals surface area contributed by atoms with Crippen molar-refractivity contribution in [2.75, 3.05) is 6.26 Å². The van der Waals surface area contributed by atoms with Crippen LogP contribution in [0.1, 0.15) is 27.2 Å². The zero-order valence-electron chi connectivity index (χ0n) is 12.3. The van der Waals surface area contributed by atoms with Gasteiger partial charge in [-0.1, -0.05) is 18.2 Å². The first-order chi connectivity index (χ1) is 10.0. The molecule has 0 spiro atoms. The van der Waals surface area contributed by atoms with Crippen molar-refractivity contribution in [1.29, 1.82) is 0 Å². The van der Waals surface area contributed by atoms with Crippen LogP contribution in [0, 0.1) is 13.8 Å². The van der Waals surface area contributed by atoms with Crippen molar-refractivity contribution in [3.63, 3.8) is 0 Å². The van der Waals surface area contributed by atoms with Gasteiger partial charge in [0.05, 0.1) is 0 Å². The summed E-state index contributed by atoms with van der Waals surface area (Å²) in [5, 5.41) is 2.82. The van der Waals surface area contributed by atoms with Crippen molar-refractivity contribution in [2.45, 2.75) is 25.3 Å². The number of aromatic nitrogens is 1. The fourth-order valence-corrected chi connectivity index (χ4v) is 2.83. The zero-order valence-corrected chi connectivity index (χ0v) is 13.1. The maximum Gasteiger partial charge on any atom is 0.254 e. The van der Waals surface area contributed by atoms with Crippen LogP contribution in [-0.4, -0.2) is 17.1 Å². The lowest BCUT2D eigenvalue weighted by molar-refractivity contribution is 0.0950. The van der Waals surface area contributed by atoms with Crippen LogP contribution < -0.4 is 10.9 Å². The molecule has 5 heteroatoms. The Bertz CT molecular complexity index is 722. The Kier molecular flexibility index (Phi) is 4.85. The quantitative estimate of drug-likeness (QED) is 0.854. The van der Waals surface area contributed by atoms with Gasteiger partial charge in [0, 0.05) is 28.3 Å². The summed E-state index contributed by atoms with van der Waals surface area (Å²) < 4.78 is 0. The van der Waals surface area contributed by atoms with Crippen molar-refractivity contribution < 1.29 is 4.79 Å². The third-order valence-corrected chi connectivity index (χ3v) is 4.07. The van der Waals surface area contributed by atoms with Gasteiger partial charge in [-0.15, -0.1) is 11.8 Å². The van der Waals surface area contributed by atoms with Gasteiger partial charge in [0.15, 0.2) is 0 Å². The molecule has 2 rings (SSSR count). The molecule has 1 amide bonds. The summed E-state index contributed by atoms with van der Waals surface area (Å²) in [4.78, 5) is 27.9. The van der Waals surface area contributed by atoms with Gasteiger partial charge >= 0.3 is 0 Å². The molecular formula is C16H18N2O2S. The van der Waals surface area contributed by atoms with Crippen LogP contribution in [0.4, 0.5) is 0 Å². The summed E-state index contributed by atoms with van der Waals surface area (Å²) >= 11 is 1.50. The van der Waals surface area contributed by atoms with Gasteiger partial charge in [-0.3, -0.25) is 9.59 Å². The van der Waals surface area contributed by atoms with Gasteiger partial charge in [-0.25, -0.2) is 0 Å². The van der Waals surface area contributed by atoms with E-state index in [1.54, 1.807) is 6.07 Å². The number of hydrogen-bond acceptors (Lipinski definition) is 3. The molecule has 0 bridgehead atoms. The Labute approximate surface area is 128 Å². The summed E-state index contributed by atoms with van der Waals surface area (Å²) in [5.74, 6) is -0.167. The van der Waals surface area contributed by atoms with E-state index >= 15 is 0 Å². The van der Waals surface area contributed by atoms with Gasteiger partial charge in [0.25, 0.3) is 11.5 Å². The minimum absolute atomic E-state index is 0.149. The van der Waals surface area contributed by atoms with Crippen LogP contribution in [0.2, 0.25) is 0 Å². The molecule has 0 saturated heterocycles. The molecule has 2 aromatic rings. The minimum atomic E-state index is -0.167. The number of benzene rings is 1. The lowest BCUT2D eigenvalue weighted by Crippen LogP contribution is -2.28. The average molecular weight is 302 g/mol. The molecular weight excluding hydrogens is 284 g/mol. The number of carbonyl (C=O) groups excluding carboxylic acids is 1. The Balaban J connectivity index is 2.19. The Morgan fingerprint density at radius 1 is 1.29 bits per heavy atom. The lowest BCUT2D eigenvalue weighted by Gasteiger charge is -2.10. The van der Waals surface area contributed by atoms with E-state index < -0.39 is 0 Å². The standard InChI is InChI=1S/C16H18N2O2S/c1-10-6-4-5-7-12(10)15(19)17-9-13-14(21-3)8-11(2)18-16(13)20/h4-8H,9H2,1-3H3,(H,17,19)(H,18,20). The number of aryl methyl sites for hydroxylation is 2. The van der Waals surface area contributed by atoms with Crippen molar-refractivity contribution in [1.82, 2.24) is 10.3 Å². The van der Waals surface area contributed by atoms with E-state index in [0.29, 0.717) is 11.1 Å². The SMILES string of the molecule is CSc1cc(C)[nH]c(=O)c1CNC(=O)c1ccccc1C. The van der Waals surface area contributed by atoms with Crippen molar-refractivity contribution >= 4 is 17.7 Å². The molecule has 0 fully saturated rings. The number of amides is 1. The van der Waals surface area contributed by atoms with Gasteiger partial charge < -0.3 is 10.3 Å². The van der Waals surface area contributed by atoms with Crippen LogP contribution in [0.5, 0.6) is 0 Å². The van der Waals surface area contributed by atoms with Crippen molar-refractivity contribution in [3.8, 4) is 0 Å². The first-order valence-corrected chi connectivity index (χ1v) is 7.86. The predicted molar refractivity (Wildman–Crippen MR) is 85.9 cm³/mol.